The summed E-state index contributed by atoms with van der Waals surface area (Å²) in [6.45, 7) is 4.42. The summed E-state index contributed by atoms with van der Waals surface area (Å²) in [6.07, 6.45) is 4.26. The Morgan fingerprint density at radius 1 is 1.10 bits per heavy atom. The van der Waals surface area contributed by atoms with Crippen molar-refractivity contribution in [1.29, 1.82) is 0 Å². The number of amides is 1. The Kier molecular flexibility index (Phi) is 7.25. The summed E-state index contributed by atoms with van der Waals surface area (Å²) in [4.78, 5) is 16.8. The van der Waals surface area contributed by atoms with Crippen molar-refractivity contribution in [2.75, 3.05) is 19.5 Å². The molecule has 0 atom stereocenters. The van der Waals surface area contributed by atoms with Gasteiger partial charge in [-0.15, -0.1) is 11.3 Å². The number of ether oxygens (including phenoxy) is 2. The van der Waals surface area contributed by atoms with E-state index in [1.807, 2.05) is 17.5 Å². The van der Waals surface area contributed by atoms with Crippen LogP contribution in [0.4, 0.5) is 5.13 Å². The number of aromatic nitrogens is 1. The van der Waals surface area contributed by atoms with Crippen molar-refractivity contribution in [2.45, 2.75) is 20.3 Å². The molecule has 0 bridgehead atoms. The number of thiazole rings is 1. The van der Waals surface area contributed by atoms with E-state index >= 15 is 0 Å². The van der Waals surface area contributed by atoms with Gasteiger partial charge < -0.3 is 9.47 Å². The highest BCUT2D eigenvalue weighted by Gasteiger charge is 2.08. The van der Waals surface area contributed by atoms with E-state index in [1.54, 1.807) is 26.4 Å². The Balaban J connectivity index is 1.63. The molecule has 3 aromatic rings. The molecule has 0 fully saturated rings. The third-order valence-electron chi connectivity index (χ3n) is 4.46. The van der Waals surface area contributed by atoms with Gasteiger partial charge in [0.25, 0.3) is 0 Å². The van der Waals surface area contributed by atoms with Crippen LogP contribution in [0.2, 0.25) is 0 Å². The number of anilines is 1. The summed E-state index contributed by atoms with van der Waals surface area (Å²) in [5.74, 6) is 1.65. The van der Waals surface area contributed by atoms with Crippen LogP contribution in [0.5, 0.6) is 11.5 Å². The second kappa shape index (κ2) is 10.1. The number of nitrogens with zero attached hydrogens (tertiary/aromatic N) is 1. The molecule has 6 heteroatoms. The second-order valence-electron chi connectivity index (χ2n) is 7.27. The molecule has 0 saturated carbocycles. The highest BCUT2D eigenvalue weighted by atomic mass is 32.1. The van der Waals surface area contributed by atoms with Gasteiger partial charge in [0.05, 0.1) is 19.9 Å². The normalized spacial score (nSPS) is 11.1. The minimum absolute atomic E-state index is 0.238. The average molecular weight is 423 g/mol. The third kappa shape index (κ3) is 5.70. The van der Waals surface area contributed by atoms with Crippen molar-refractivity contribution in [3.63, 3.8) is 0 Å². The summed E-state index contributed by atoms with van der Waals surface area (Å²) < 4.78 is 10.5. The summed E-state index contributed by atoms with van der Waals surface area (Å²) in [7, 11) is 3.17. The van der Waals surface area contributed by atoms with Crippen molar-refractivity contribution >= 4 is 28.5 Å². The van der Waals surface area contributed by atoms with E-state index in [9.17, 15) is 4.79 Å². The predicted octanol–water partition coefficient (Wildman–Crippen LogP) is 5.68. The number of hydrogen-bond donors (Lipinski definition) is 1. The van der Waals surface area contributed by atoms with Gasteiger partial charge in [0.1, 0.15) is 0 Å². The van der Waals surface area contributed by atoms with Crippen molar-refractivity contribution in [2.24, 2.45) is 5.92 Å². The lowest BCUT2D eigenvalue weighted by molar-refractivity contribution is -0.111. The molecule has 2 aromatic carbocycles. The highest BCUT2D eigenvalue weighted by Crippen LogP contribution is 2.28. The summed E-state index contributed by atoms with van der Waals surface area (Å²) in [6, 6.07) is 13.9. The lowest BCUT2D eigenvalue weighted by atomic mass is 10.0. The van der Waals surface area contributed by atoms with Gasteiger partial charge in [-0.1, -0.05) is 44.2 Å². The molecular weight excluding hydrogens is 396 g/mol. The molecule has 0 aliphatic heterocycles. The van der Waals surface area contributed by atoms with Crippen LogP contribution in [0.15, 0.2) is 53.9 Å². The number of hydrogen-bond acceptors (Lipinski definition) is 5. The number of methoxy groups -OCH3 is 2. The Morgan fingerprint density at radius 3 is 2.50 bits per heavy atom. The largest absolute Gasteiger partial charge is 0.493 e. The van der Waals surface area contributed by atoms with Crippen LogP contribution in [-0.4, -0.2) is 25.1 Å². The van der Waals surface area contributed by atoms with E-state index in [-0.39, 0.29) is 5.91 Å². The van der Waals surface area contributed by atoms with Gasteiger partial charge in [-0.3, -0.25) is 10.1 Å². The molecule has 1 heterocycles. The van der Waals surface area contributed by atoms with Gasteiger partial charge in [-0.25, -0.2) is 4.98 Å². The second-order valence-corrected chi connectivity index (χ2v) is 8.13. The maximum absolute atomic E-state index is 12.3. The first-order valence-corrected chi connectivity index (χ1v) is 10.6. The summed E-state index contributed by atoms with van der Waals surface area (Å²) >= 11 is 1.41. The third-order valence-corrected chi connectivity index (χ3v) is 5.22. The molecule has 0 unspecified atom stereocenters. The van der Waals surface area contributed by atoms with Crippen LogP contribution in [0.1, 0.15) is 25.0 Å². The fourth-order valence-electron chi connectivity index (χ4n) is 3.02. The van der Waals surface area contributed by atoms with Gasteiger partial charge in [-0.2, -0.15) is 0 Å². The zero-order valence-corrected chi connectivity index (χ0v) is 18.5. The number of carbonyl (C=O) groups is 1. The van der Waals surface area contributed by atoms with Crippen LogP contribution < -0.4 is 14.8 Å². The SMILES string of the molecule is COc1ccc(C=CC(=O)Nc2nc(-c3ccc(CC(C)C)cc3)cs2)cc1OC. The van der Waals surface area contributed by atoms with Gasteiger partial charge in [-0.05, 0) is 41.7 Å². The molecule has 0 aliphatic carbocycles. The standard InChI is InChI=1S/C24H26N2O3S/c1-16(2)13-17-5-9-19(10-6-17)20-15-30-24(25-20)26-23(27)12-8-18-7-11-21(28-3)22(14-18)29-4/h5-12,14-16H,13H2,1-4H3,(H,25,26,27). The van der Waals surface area contributed by atoms with Gasteiger partial charge in [0, 0.05) is 17.0 Å². The molecule has 30 heavy (non-hydrogen) atoms. The molecule has 0 radical (unpaired) electrons. The minimum Gasteiger partial charge on any atom is -0.493 e. The first-order chi connectivity index (χ1) is 14.5. The topological polar surface area (TPSA) is 60.5 Å². The van der Waals surface area contributed by atoms with Crippen LogP contribution in [0.3, 0.4) is 0 Å². The molecule has 0 aliphatic rings. The lowest BCUT2D eigenvalue weighted by Crippen LogP contribution is -2.07. The van der Waals surface area contributed by atoms with E-state index in [4.69, 9.17) is 9.47 Å². The molecule has 0 spiro atoms. The van der Waals surface area contributed by atoms with Gasteiger partial charge in [0.2, 0.25) is 5.91 Å². The number of rotatable bonds is 8. The minimum atomic E-state index is -0.238. The molecule has 1 amide bonds. The number of carbonyl (C=O) groups excluding carboxylic acids is 1. The van der Waals surface area contributed by atoms with E-state index in [0.717, 1.165) is 23.2 Å². The first kappa shape index (κ1) is 21.6. The van der Waals surface area contributed by atoms with E-state index in [2.05, 4.69) is 48.4 Å². The smallest absolute Gasteiger partial charge is 0.250 e. The first-order valence-electron chi connectivity index (χ1n) is 9.74. The predicted molar refractivity (Wildman–Crippen MR) is 123 cm³/mol. The van der Waals surface area contributed by atoms with Crippen LogP contribution >= 0.6 is 11.3 Å². The van der Waals surface area contributed by atoms with Crippen LogP contribution in [0.25, 0.3) is 17.3 Å². The Labute approximate surface area is 181 Å². The van der Waals surface area contributed by atoms with Crippen LogP contribution in [0, 0.1) is 5.92 Å². The maximum atomic E-state index is 12.3. The number of nitrogens with one attached hydrogen (secondary N) is 1. The van der Waals surface area contributed by atoms with Crippen molar-refractivity contribution in [1.82, 2.24) is 4.98 Å². The van der Waals surface area contributed by atoms with Crippen molar-refractivity contribution < 1.29 is 14.3 Å². The Hall–Kier alpha value is -3.12. The van der Waals surface area contributed by atoms with E-state index in [0.29, 0.717) is 22.5 Å². The van der Waals surface area contributed by atoms with Crippen LogP contribution in [-0.2, 0) is 11.2 Å². The molecule has 5 nitrogen and oxygen atoms in total. The van der Waals surface area contributed by atoms with E-state index in [1.165, 1.54) is 23.0 Å². The zero-order chi connectivity index (χ0) is 21.5. The lowest BCUT2D eigenvalue weighted by Gasteiger charge is -2.07. The molecule has 156 valence electrons. The molecule has 0 saturated heterocycles. The fourth-order valence-corrected chi connectivity index (χ4v) is 3.74. The quantitative estimate of drug-likeness (QED) is 0.475. The Bertz CT molecular complexity index is 1020. The molecular formula is C24H26N2O3S. The monoisotopic (exact) mass is 422 g/mol. The van der Waals surface area contributed by atoms with Gasteiger partial charge >= 0.3 is 0 Å². The highest BCUT2D eigenvalue weighted by molar-refractivity contribution is 7.14. The molecule has 1 N–H and O–H groups in total. The molecule has 1 aromatic heterocycles. The maximum Gasteiger partial charge on any atom is 0.250 e. The van der Waals surface area contributed by atoms with E-state index < -0.39 is 0 Å². The summed E-state index contributed by atoms with van der Waals surface area (Å²) in [5.41, 5.74) is 4.05. The van der Waals surface area contributed by atoms with Gasteiger partial charge in [0.15, 0.2) is 16.6 Å². The average Bonchev–Trinajstić information content (AvgIpc) is 3.20. The Morgan fingerprint density at radius 2 is 1.83 bits per heavy atom. The summed E-state index contributed by atoms with van der Waals surface area (Å²) in [5, 5.41) is 5.33. The van der Waals surface area contributed by atoms with Crippen molar-refractivity contribution in [3.05, 3.63) is 65.0 Å². The fraction of sp³-hybridized carbons (Fsp3) is 0.250. The zero-order valence-electron chi connectivity index (χ0n) is 17.6. The van der Waals surface area contributed by atoms with Crippen molar-refractivity contribution in [3.8, 4) is 22.8 Å². The molecule has 3 rings (SSSR count). The number of benzene rings is 2.